The van der Waals surface area contributed by atoms with E-state index in [1.165, 1.54) is 24.8 Å². The highest BCUT2D eigenvalue weighted by Gasteiger charge is 2.21. The molecular formula is C20H25ClN2O5S. The Morgan fingerprint density at radius 3 is 2.41 bits per heavy atom. The average molecular weight is 441 g/mol. The number of ether oxygens (including phenoxy) is 2. The molecule has 29 heavy (non-hydrogen) atoms. The minimum atomic E-state index is -3.69. The SMILES string of the molecule is CCc1ccc(OCCNC(=O)CN(c2ccc(OC)c(Cl)c2)S(C)(=O)=O)cc1. The summed E-state index contributed by atoms with van der Waals surface area (Å²) in [6.45, 7) is 2.22. The van der Waals surface area contributed by atoms with E-state index in [0.717, 1.165) is 17.0 Å². The van der Waals surface area contributed by atoms with Crippen LogP contribution in [0.1, 0.15) is 12.5 Å². The topological polar surface area (TPSA) is 84.9 Å². The Morgan fingerprint density at radius 2 is 1.86 bits per heavy atom. The number of rotatable bonds is 10. The molecule has 0 aliphatic heterocycles. The number of carbonyl (C=O) groups is 1. The van der Waals surface area contributed by atoms with Crippen LogP contribution in [0.4, 0.5) is 5.69 Å². The lowest BCUT2D eigenvalue weighted by Gasteiger charge is -2.22. The van der Waals surface area contributed by atoms with E-state index < -0.39 is 15.9 Å². The van der Waals surface area contributed by atoms with Crippen molar-refractivity contribution in [2.45, 2.75) is 13.3 Å². The van der Waals surface area contributed by atoms with Crippen molar-refractivity contribution in [1.82, 2.24) is 5.32 Å². The molecule has 2 aromatic rings. The number of nitrogens with one attached hydrogen (secondary N) is 1. The zero-order valence-corrected chi connectivity index (χ0v) is 18.2. The molecule has 2 aromatic carbocycles. The summed E-state index contributed by atoms with van der Waals surface area (Å²) in [4.78, 5) is 12.2. The highest BCUT2D eigenvalue weighted by Crippen LogP contribution is 2.30. The lowest BCUT2D eigenvalue weighted by Crippen LogP contribution is -2.41. The van der Waals surface area contributed by atoms with Gasteiger partial charge < -0.3 is 14.8 Å². The Labute approximate surface area is 176 Å². The molecule has 0 heterocycles. The summed E-state index contributed by atoms with van der Waals surface area (Å²) in [7, 11) is -2.23. The first-order chi connectivity index (χ1) is 13.7. The summed E-state index contributed by atoms with van der Waals surface area (Å²) in [5.41, 5.74) is 1.49. The van der Waals surface area contributed by atoms with E-state index in [1.54, 1.807) is 6.07 Å². The van der Waals surface area contributed by atoms with Gasteiger partial charge in [-0.25, -0.2) is 8.42 Å². The molecule has 1 N–H and O–H groups in total. The van der Waals surface area contributed by atoms with Crippen molar-refractivity contribution >= 4 is 33.2 Å². The van der Waals surface area contributed by atoms with Crippen LogP contribution in [-0.4, -0.2) is 47.4 Å². The molecular weight excluding hydrogens is 416 g/mol. The Kier molecular flexibility index (Phi) is 8.16. The third-order valence-corrected chi connectivity index (χ3v) is 5.57. The van der Waals surface area contributed by atoms with Crippen molar-refractivity contribution in [3.05, 3.63) is 53.1 Å². The second-order valence-electron chi connectivity index (χ2n) is 6.28. The summed E-state index contributed by atoms with van der Waals surface area (Å²) in [6.07, 6.45) is 1.98. The molecule has 0 aliphatic carbocycles. The summed E-state index contributed by atoms with van der Waals surface area (Å²) < 4.78 is 35.9. The van der Waals surface area contributed by atoms with E-state index in [-0.39, 0.29) is 30.4 Å². The monoisotopic (exact) mass is 440 g/mol. The molecule has 0 aromatic heterocycles. The molecule has 1 amide bonds. The van der Waals surface area contributed by atoms with Gasteiger partial charge in [0.1, 0.15) is 24.7 Å². The van der Waals surface area contributed by atoms with Gasteiger partial charge in [0.25, 0.3) is 0 Å². The van der Waals surface area contributed by atoms with Crippen molar-refractivity contribution in [3.63, 3.8) is 0 Å². The standard InChI is InChI=1S/C20H25ClN2O5S/c1-4-15-5-8-17(9-6-15)28-12-11-22-20(24)14-23(29(3,25)26)16-7-10-19(27-2)18(21)13-16/h5-10,13H,4,11-12,14H2,1-3H3,(H,22,24). The number of halogens is 1. The van der Waals surface area contributed by atoms with Gasteiger partial charge in [0.05, 0.1) is 30.6 Å². The fourth-order valence-electron chi connectivity index (χ4n) is 2.58. The molecule has 9 heteroatoms. The van der Waals surface area contributed by atoms with E-state index in [4.69, 9.17) is 21.1 Å². The fourth-order valence-corrected chi connectivity index (χ4v) is 3.68. The van der Waals surface area contributed by atoms with Crippen LogP contribution >= 0.6 is 11.6 Å². The maximum atomic E-state index is 12.2. The Hall–Kier alpha value is -2.45. The number of hydrogen-bond acceptors (Lipinski definition) is 5. The van der Waals surface area contributed by atoms with Crippen molar-refractivity contribution in [3.8, 4) is 11.5 Å². The molecule has 7 nitrogen and oxygen atoms in total. The number of methoxy groups -OCH3 is 1. The molecule has 0 bridgehead atoms. The lowest BCUT2D eigenvalue weighted by atomic mass is 10.2. The predicted molar refractivity (Wildman–Crippen MR) is 115 cm³/mol. The van der Waals surface area contributed by atoms with Crippen LogP contribution in [0.2, 0.25) is 5.02 Å². The van der Waals surface area contributed by atoms with E-state index in [9.17, 15) is 13.2 Å². The second-order valence-corrected chi connectivity index (χ2v) is 8.60. The van der Waals surface area contributed by atoms with Crippen LogP contribution in [0, 0.1) is 0 Å². The number of nitrogens with zero attached hydrogens (tertiary/aromatic N) is 1. The molecule has 0 spiro atoms. The number of amides is 1. The second kappa shape index (κ2) is 10.4. The van der Waals surface area contributed by atoms with Crippen LogP contribution in [0.15, 0.2) is 42.5 Å². The Morgan fingerprint density at radius 1 is 1.17 bits per heavy atom. The van der Waals surface area contributed by atoms with Crippen LogP contribution in [0.25, 0.3) is 0 Å². The number of sulfonamides is 1. The first-order valence-corrected chi connectivity index (χ1v) is 11.3. The first-order valence-electron chi connectivity index (χ1n) is 9.04. The van der Waals surface area contributed by atoms with Crippen molar-refractivity contribution in [2.24, 2.45) is 0 Å². The Balaban J connectivity index is 1.92. The fraction of sp³-hybridized carbons (Fsp3) is 0.350. The third-order valence-electron chi connectivity index (χ3n) is 4.14. The minimum absolute atomic E-state index is 0.245. The molecule has 0 unspecified atom stereocenters. The van der Waals surface area contributed by atoms with Gasteiger partial charge in [-0.15, -0.1) is 0 Å². The van der Waals surface area contributed by atoms with Crippen molar-refractivity contribution in [1.29, 1.82) is 0 Å². The van der Waals surface area contributed by atoms with E-state index in [0.29, 0.717) is 11.5 Å². The highest BCUT2D eigenvalue weighted by atomic mass is 35.5. The largest absolute Gasteiger partial charge is 0.495 e. The third kappa shape index (κ3) is 6.83. The number of carbonyl (C=O) groups excluding carboxylic acids is 1. The van der Waals surface area contributed by atoms with Gasteiger partial charge in [0.15, 0.2) is 0 Å². The molecule has 2 rings (SSSR count). The number of hydrogen-bond donors (Lipinski definition) is 1. The predicted octanol–water partition coefficient (Wildman–Crippen LogP) is 2.87. The smallest absolute Gasteiger partial charge is 0.240 e. The molecule has 0 radical (unpaired) electrons. The number of benzene rings is 2. The van der Waals surface area contributed by atoms with Crippen LogP contribution in [-0.2, 0) is 21.2 Å². The summed E-state index contributed by atoms with van der Waals surface area (Å²) >= 11 is 6.08. The highest BCUT2D eigenvalue weighted by molar-refractivity contribution is 7.92. The number of aryl methyl sites for hydroxylation is 1. The van der Waals surface area contributed by atoms with Gasteiger partial charge in [-0.3, -0.25) is 9.10 Å². The average Bonchev–Trinajstić information content (AvgIpc) is 2.69. The van der Waals surface area contributed by atoms with Gasteiger partial charge in [0, 0.05) is 0 Å². The van der Waals surface area contributed by atoms with Gasteiger partial charge in [-0.2, -0.15) is 0 Å². The normalized spacial score (nSPS) is 11.0. The van der Waals surface area contributed by atoms with E-state index in [1.807, 2.05) is 24.3 Å². The molecule has 0 atom stereocenters. The van der Waals surface area contributed by atoms with Gasteiger partial charge in [-0.05, 0) is 42.3 Å². The Bertz CT molecular complexity index is 932. The summed E-state index contributed by atoms with van der Waals surface area (Å²) in [5.74, 6) is 0.673. The van der Waals surface area contributed by atoms with E-state index >= 15 is 0 Å². The van der Waals surface area contributed by atoms with Crippen LogP contribution < -0.4 is 19.1 Å². The maximum absolute atomic E-state index is 12.2. The molecule has 0 saturated heterocycles. The minimum Gasteiger partial charge on any atom is -0.495 e. The van der Waals surface area contributed by atoms with Crippen molar-refractivity contribution < 1.29 is 22.7 Å². The van der Waals surface area contributed by atoms with Gasteiger partial charge in [0.2, 0.25) is 15.9 Å². The van der Waals surface area contributed by atoms with Crippen LogP contribution in [0.5, 0.6) is 11.5 Å². The molecule has 0 saturated carbocycles. The van der Waals surface area contributed by atoms with Gasteiger partial charge >= 0.3 is 0 Å². The first kappa shape index (κ1) is 22.8. The van der Waals surface area contributed by atoms with Crippen molar-refractivity contribution in [2.75, 3.05) is 37.4 Å². The number of anilines is 1. The summed E-state index contributed by atoms with van der Waals surface area (Å²) in [6, 6.07) is 12.2. The maximum Gasteiger partial charge on any atom is 0.240 e. The quantitative estimate of drug-likeness (QED) is 0.574. The van der Waals surface area contributed by atoms with Gasteiger partial charge in [-0.1, -0.05) is 30.7 Å². The molecule has 0 fully saturated rings. The zero-order chi connectivity index (χ0) is 21.4. The molecule has 158 valence electrons. The van der Waals surface area contributed by atoms with E-state index in [2.05, 4.69) is 12.2 Å². The summed E-state index contributed by atoms with van der Waals surface area (Å²) in [5, 5.41) is 2.91. The van der Waals surface area contributed by atoms with Crippen LogP contribution in [0.3, 0.4) is 0 Å². The molecule has 0 aliphatic rings. The zero-order valence-electron chi connectivity index (χ0n) is 16.6. The lowest BCUT2D eigenvalue weighted by molar-refractivity contribution is -0.119.